The van der Waals surface area contributed by atoms with E-state index in [1.807, 2.05) is 18.2 Å². The minimum atomic E-state index is 0.387. The van der Waals surface area contributed by atoms with Crippen LogP contribution in [0.1, 0.15) is 5.56 Å². The van der Waals surface area contributed by atoms with Gasteiger partial charge in [-0.3, -0.25) is 0 Å². The Morgan fingerprint density at radius 1 is 1.31 bits per heavy atom. The number of rotatable bonds is 7. The van der Waals surface area contributed by atoms with E-state index in [4.69, 9.17) is 9.47 Å². The Morgan fingerprint density at radius 3 is 2.75 bits per heavy atom. The molecule has 1 aromatic carbocycles. The fourth-order valence-electron chi connectivity index (χ4n) is 1.44. The molecule has 1 rings (SSSR count). The quantitative estimate of drug-likeness (QED) is 0.554. The molecule has 0 saturated carbocycles. The van der Waals surface area contributed by atoms with Crippen molar-refractivity contribution in [2.75, 3.05) is 27.3 Å². The fourth-order valence-corrected chi connectivity index (χ4v) is 1.44. The van der Waals surface area contributed by atoms with Crippen molar-refractivity contribution in [2.45, 2.75) is 6.42 Å². The van der Waals surface area contributed by atoms with E-state index in [2.05, 4.69) is 5.32 Å². The third-order valence-electron chi connectivity index (χ3n) is 2.29. The molecule has 0 radical (unpaired) electrons. The number of carbonyl (C=O) groups is 1. The lowest BCUT2D eigenvalue weighted by molar-refractivity contribution is -0.107. The molecule has 16 heavy (non-hydrogen) atoms. The molecule has 1 aromatic rings. The highest BCUT2D eigenvalue weighted by molar-refractivity contribution is 5.51. The molecule has 0 aliphatic rings. The van der Waals surface area contributed by atoms with Crippen molar-refractivity contribution in [3.8, 4) is 11.5 Å². The maximum absolute atomic E-state index is 10.1. The van der Waals surface area contributed by atoms with Crippen LogP contribution in [0.15, 0.2) is 18.2 Å². The van der Waals surface area contributed by atoms with Gasteiger partial charge in [0.1, 0.15) is 17.8 Å². The van der Waals surface area contributed by atoms with Gasteiger partial charge in [-0.05, 0) is 24.6 Å². The summed E-state index contributed by atoms with van der Waals surface area (Å²) in [5.74, 6) is 1.59. The van der Waals surface area contributed by atoms with Crippen molar-refractivity contribution >= 4 is 6.29 Å². The van der Waals surface area contributed by atoms with E-state index in [1.165, 1.54) is 0 Å². The van der Waals surface area contributed by atoms with Crippen LogP contribution in [0, 0.1) is 0 Å². The number of hydrogen-bond acceptors (Lipinski definition) is 4. The molecular weight excluding hydrogens is 206 g/mol. The Labute approximate surface area is 95.6 Å². The van der Waals surface area contributed by atoms with Crippen LogP contribution in [0.4, 0.5) is 0 Å². The van der Waals surface area contributed by atoms with Crippen molar-refractivity contribution in [2.24, 2.45) is 0 Å². The molecule has 0 spiro atoms. The maximum Gasteiger partial charge on any atom is 0.133 e. The third kappa shape index (κ3) is 3.55. The molecule has 4 heteroatoms. The lowest BCUT2D eigenvalue weighted by Gasteiger charge is -2.10. The average molecular weight is 223 g/mol. The molecule has 88 valence electrons. The lowest BCUT2D eigenvalue weighted by Crippen LogP contribution is -2.19. The van der Waals surface area contributed by atoms with E-state index >= 15 is 0 Å². The number of aldehydes is 1. The molecule has 0 fully saturated rings. The monoisotopic (exact) mass is 223 g/mol. The summed E-state index contributed by atoms with van der Waals surface area (Å²) in [7, 11) is 3.26. The van der Waals surface area contributed by atoms with Gasteiger partial charge < -0.3 is 19.6 Å². The van der Waals surface area contributed by atoms with Gasteiger partial charge in [-0.25, -0.2) is 0 Å². The Balaban J connectivity index is 2.60. The van der Waals surface area contributed by atoms with Crippen molar-refractivity contribution in [3.05, 3.63) is 23.8 Å². The van der Waals surface area contributed by atoms with Gasteiger partial charge in [-0.1, -0.05) is 6.07 Å². The molecule has 0 unspecified atom stereocenters. The van der Waals surface area contributed by atoms with Crippen LogP contribution in [0.5, 0.6) is 11.5 Å². The van der Waals surface area contributed by atoms with Gasteiger partial charge in [-0.2, -0.15) is 0 Å². The van der Waals surface area contributed by atoms with E-state index < -0.39 is 0 Å². The number of methoxy groups -OCH3 is 2. The Bertz CT molecular complexity index is 339. The molecule has 0 aromatic heterocycles. The average Bonchev–Trinajstić information content (AvgIpc) is 2.34. The van der Waals surface area contributed by atoms with Gasteiger partial charge in [0.15, 0.2) is 0 Å². The smallest absolute Gasteiger partial charge is 0.133 e. The standard InChI is InChI=1S/C12H17NO3/c1-15-11-4-3-10(12(9-11)16-2)5-6-13-7-8-14/h3-4,8-9,13H,5-7H2,1-2H3. The number of nitrogens with one attached hydrogen (secondary N) is 1. The first-order chi connectivity index (χ1) is 7.81. The topological polar surface area (TPSA) is 47.6 Å². The first-order valence-corrected chi connectivity index (χ1v) is 5.17. The van der Waals surface area contributed by atoms with Crippen LogP contribution in [0.3, 0.4) is 0 Å². The second kappa shape index (κ2) is 6.85. The van der Waals surface area contributed by atoms with Crippen molar-refractivity contribution in [1.29, 1.82) is 0 Å². The van der Waals surface area contributed by atoms with Crippen molar-refractivity contribution in [1.82, 2.24) is 5.32 Å². The third-order valence-corrected chi connectivity index (χ3v) is 2.29. The van der Waals surface area contributed by atoms with Crippen LogP contribution in [0.2, 0.25) is 0 Å². The number of ether oxygens (including phenoxy) is 2. The summed E-state index contributed by atoms with van der Waals surface area (Å²) in [6, 6.07) is 5.73. The summed E-state index contributed by atoms with van der Waals surface area (Å²) in [5, 5.41) is 3.01. The SMILES string of the molecule is COc1ccc(CCNCC=O)c(OC)c1. The summed E-state index contributed by atoms with van der Waals surface area (Å²) in [4.78, 5) is 10.1. The minimum Gasteiger partial charge on any atom is -0.497 e. The summed E-state index contributed by atoms with van der Waals surface area (Å²) in [6.07, 6.45) is 1.67. The first kappa shape index (κ1) is 12.5. The van der Waals surface area contributed by atoms with Crippen molar-refractivity contribution < 1.29 is 14.3 Å². The molecule has 0 aliphatic carbocycles. The Morgan fingerprint density at radius 2 is 2.12 bits per heavy atom. The number of carbonyl (C=O) groups excluding carboxylic acids is 1. The molecule has 1 N–H and O–H groups in total. The molecule has 0 saturated heterocycles. The largest absolute Gasteiger partial charge is 0.497 e. The van der Waals surface area contributed by atoms with E-state index in [1.54, 1.807) is 14.2 Å². The molecule has 0 amide bonds. The van der Waals surface area contributed by atoms with Crippen LogP contribution in [0.25, 0.3) is 0 Å². The highest BCUT2D eigenvalue weighted by Crippen LogP contribution is 2.24. The van der Waals surface area contributed by atoms with Gasteiger partial charge in [0.25, 0.3) is 0 Å². The zero-order chi connectivity index (χ0) is 11.8. The van der Waals surface area contributed by atoms with Crippen LogP contribution in [-0.2, 0) is 11.2 Å². The maximum atomic E-state index is 10.1. The van der Waals surface area contributed by atoms with Gasteiger partial charge in [0, 0.05) is 6.07 Å². The molecule has 4 nitrogen and oxygen atoms in total. The number of hydrogen-bond donors (Lipinski definition) is 1. The van der Waals surface area contributed by atoms with Crippen LogP contribution < -0.4 is 14.8 Å². The predicted molar refractivity (Wildman–Crippen MR) is 62.2 cm³/mol. The predicted octanol–water partition coefficient (Wildman–Crippen LogP) is 1.03. The first-order valence-electron chi connectivity index (χ1n) is 5.17. The van der Waals surface area contributed by atoms with Crippen LogP contribution in [-0.4, -0.2) is 33.6 Å². The zero-order valence-corrected chi connectivity index (χ0v) is 9.66. The van der Waals surface area contributed by atoms with E-state index in [-0.39, 0.29) is 0 Å². The fraction of sp³-hybridized carbons (Fsp3) is 0.417. The number of benzene rings is 1. The molecule has 0 atom stereocenters. The summed E-state index contributed by atoms with van der Waals surface area (Å²) < 4.78 is 10.4. The summed E-state index contributed by atoms with van der Waals surface area (Å²) in [5.41, 5.74) is 1.10. The van der Waals surface area contributed by atoms with Gasteiger partial charge in [0.05, 0.1) is 20.8 Å². The van der Waals surface area contributed by atoms with E-state index in [0.717, 1.165) is 36.3 Å². The molecular formula is C12H17NO3. The lowest BCUT2D eigenvalue weighted by atomic mass is 10.1. The minimum absolute atomic E-state index is 0.387. The normalized spacial score (nSPS) is 9.88. The van der Waals surface area contributed by atoms with Crippen molar-refractivity contribution in [3.63, 3.8) is 0 Å². The van der Waals surface area contributed by atoms with E-state index in [9.17, 15) is 4.79 Å². The second-order valence-electron chi connectivity index (χ2n) is 3.30. The summed E-state index contributed by atoms with van der Waals surface area (Å²) in [6.45, 7) is 1.14. The molecule has 0 bridgehead atoms. The van der Waals surface area contributed by atoms with Crippen LogP contribution >= 0.6 is 0 Å². The highest BCUT2D eigenvalue weighted by Gasteiger charge is 2.04. The van der Waals surface area contributed by atoms with E-state index in [0.29, 0.717) is 6.54 Å². The van der Waals surface area contributed by atoms with Gasteiger partial charge in [-0.15, -0.1) is 0 Å². The van der Waals surface area contributed by atoms with Gasteiger partial charge >= 0.3 is 0 Å². The Hall–Kier alpha value is -1.55. The Kier molecular flexibility index (Phi) is 5.36. The second-order valence-corrected chi connectivity index (χ2v) is 3.30. The molecule has 0 aliphatic heterocycles. The van der Waals surface area contributed by atoms with Gasteiger partial charge in [0.2, 0.25) is 0 Å². The zero-order valence-electron chi connectivity index (χ0n) is 9.66. The molecule has 0 heterocycles. The summed E-state index contributed by atoms with van der Waals surface area (Å²) >= 11 is 0. The highest BCUT2D eigenvalue weighted by atomic mass is 16.5.